The lowest BCUT2D eigenvalue weighted by atomic mass is 9.92. The summed E-state index contributed by atoms with van der Waals surface area (Å²) < 4.78 is 6.59. The van der Waals surface area contributed by atoms with E-state index >= 15 is 0 Å². The molecule has 0 aromatic heterocycles. The fraction of sp³-hybridized carbons (Fsp3) is 0.154. The number of nitrogens with zero attached hydrogens (tertiary/aromatic N) is 3. The highest BCUT2D eigenvalue weighted by atomic mass is 16.5. The van der Waals surface area contributed by atoms with Crippen LogP contribution in [0.4, 0.5) is 5.69 Å². The number of carbonyl (C=O) groups is 1. The second kappa shape index (κ2) is 6.57. The normalized spacial score (nSPS) is 23.2. The number of ether oxygens (including phenoxy) is 1. The lowest BCUT2D eigenvalue weighted by Crippen LogP contribution is -2.57. The highest BCUT2D eigenvalue weighted by molar-refractivity contribution is 6.08. The Kier molecular flexibility index (Phi) is 3.81. The Balaban J connectivity index is 1.59. The SMILES string of the molecule is C=CCN1C(=O)[C@]2(Oc3ccccc3[C@@H]3CC(c4ccccc4)=NN32)c2ccccc21. The van der Waals surface area contributed by atoms with Crippen LogP contribution in [0.25, 0.3) is 0 Å². The molecular formula is C26H21N3O2. The zero-order chi connectivity index (χ0) is 21.0. The molecule has 152 valence electrons. The van der Waals surface area contributed by atoms with Crippen LogP contribution >= 0.6 is 0 Å². The Bertz CT molecular complexity index is 1240. The van der Waals surface area contributed by atoms with Gasteiger partial charge in [-0.3, -0.25) is 4.79 Å². The van der Waals surface area contributed by atoms with Crippen LogP contribution in [0.1, 0.15) is 29.2 Å². The van der Waals surface area contributed by atoms with Crippen molar-refractivity contribution in [2.75, 3.05) is 11.4 Å². The van der Waals surface area contributed by atoms with Crippen molar-refractivity contribution in [1.82, 2.24) is 5.01 Å². The van der Waals surface area contributed by atoms with Gasteiger partial charge in [0.1, 0.15) is 5.75 Å². The molecule has 2 atom stereocenters. The van der Waals surface area contributed by atoms with E-state index in [1.807, 2.05) is 65.7 Å². The largest absolute Gasteiger partial charge is 0.453 e. The molecule has 5 heteroatoms. The number of hydrogen-bond donors (Lipinski definition) is 0. The number of para-hydroxylation sites is 2. The average Bonchev–Trinajstić information content (AvgIpc) is 3.36. The van der Waals surface area contributed by atoms with E-state index in [0.717, 1.165) is 33.8 Å². The Morgan fingerprint density at radius 2 is 1.77 bits per heavy atom. The van der Waals surface area contributed by atoms with Crippen LogP contribution in [-0.2, 0) is 10.5 Å². The third kappa shape index (κ3) is 2.37. The topological polar surface area (TPSA) is 45.1 Å². The van der Waals surface area contributed by atoms with Crippen molar-refractivity contribution in [3.63, 3.8) is 0 Å². The number of anilines is 1. The van der Waals surface area contributed by atoms with Gasteiger partial charge in [-0.05, 0) is 17.7 Å². The van der Waals surface area contributed by atoms with Gasteiger partial charge in [-0.2, -0.15) is 5.10 Å². The molecule has 6 rings (SSSR count). The third-order valence-electron chi connectivity index (χ3n) is 6.28. The number of carbonyl (C=O) groups excluding carboxylic acids is 1. The van der Waals surface area contributed by atoms with Gasteiger partial charge in [0.25, 0.3) is 5.91 Å². The second-order valence-electron chi connectivity index (χ2n) is 7.98. The molecule has 3 aliphatic rings. The summed E-state index contributed by atoms with van der Waals surface area (Å²) in [5.41, 5.74) is 3.40. The third-order valence-corrected chi connectivity index (χ3v) is 6.28. The minimum absolute atomic E-state index is 0.0826. The first-order chi connectivity index (χ1) is 15.2. The lowest BCUT2D eigenvalue weighted by molar-refractivity contribution is -0.163. The van der Waals surface area contributed by atoms with Crippen molar-refractivity contribution >= 4 is 17.3 Å². The molecule has 1 amide bonds. The van der Waals surface area contributed by atoms with E-state index in [1.165, 1.54) is 0 Å². The molecule has 0 saturated heterocycles. The summed E-state index contributed by atoms with van der Waals surface area (Å²) in [6.07, 6.45) is 2.45. The minimum atomic E-state index is -1.32. The molecule has 0 aliphatic carbocycles. The zero-order valence-electron chi connectivity index (χ0n) is 16.9. The van der Waals surface area contributed by atoms with Crippen LogP contribution < -0.4 is 9.64 Å². The Morgan fingerprint density at radius 1 is 1.03 bits per heavy atom. The number of amides is 1. The van der Waals surface area contributed by atoms with Gasteiger partial charge < -0.3 is 9.64 Å². The van der Waals surface area contributed by atoms with Gasteiger partial charge in [-0.1, -0.05) is 72.8 Å². The van der Waals surface area contributed by atoms with Crippen LogP contribution in [0.15, 0.2) is 96.6 Å². The maximum atomic E-state index is 14.0. The van der Waals surface area contributed by atoms with Crippen molar-refractivity contribution in [3.05, 3.63) is 108 Å². The molecule has 0 bridgehead atoms. The summed E-state index contributed by atoms with van der Waals surface area (Å²) in [6.45, 7) is 4.26. The van der Waals surface area contributed by atoms with Crippen LogP contribution in [0, 0.1) is 0 Å². The second-order valence-corrected chi connectivity index (χ2v) is 7.98. The molecule has 0 radical (unpaired) electrons. The summed E-state index contributed by atoms with van der Waals surface area (Å²) in [5, 5.41) is 6.90. The maximum absolute atomic E-state index is 14.0. The van der Waals surface area contributed by atoms with Gasteiger partial charge in [0.15, 0.2) is 0 Å². The summed E-state index contributed by atoms with van der Waals surface area (Å²) in [4.78, 5) is 15.7. The molecule has 3 aromatic carbocycles. The molecule has 5 nitrogen and oxygen atoms in total. The first-order valence-corrected chi connectivity index (χ1v) is 10.5. The first kappa shape index (κ1) is 18.0. The lowest BCUT2D eigenvalue weighted by Gasteiger charge is -2.44. The smallest absolute Gasteiger partial charge is 0.306 e. The Labute approximate surface area is 180 Å². The number of fused-ring (bicyclic) bond motifs is 6. The van der Waals surface area contributed by atoms with Crippen LogP contribution in [-0.4, -0.2) is 23.2 Å². The fourth-order valence-corrected chi connectivity index (χ4v) is 4.94. The van der Waals surface area contributed by atoms with E-state index in [2.05, 4.69) is 24.8 Å². The first-order valence-electron chi connectivity index (χ1n) is 10.5. The molecule has 3 aliphatic heterocycles. The maximum Gasteiger partial charge on any atom is 0.306 e. The fourth-order valence-electron chi connectivity index (χ4n) is 4.94. The molecule has 0 saturated carbocycles. The minimum Gasteiger partial charge on any atom is -0.453 e. The molecule has 0 unspecified atom stereocenters. The van der Waals surface area contributed by atoms with Gasteiger partial charge in [-0.15, -0.1) is 6.58 Å². The van der Waals surface area contributed by atoms with Crippen LogP contribution in [0.3, 0.4) is 0 Å². The number of hydrazone groups is 1. The molecule has 0 N–H and O–H groups in total. The van der Waals surface area contributed by atoms with E-state index in [-0.39, 0.29) is 11.9 Å². The standard InChI is InChI=1S/C26H21N3O2/c1-2-16-28-22-14-8-7-13-20(22)26(25(28)30)29-23(19-12-6-9-15-24(19)31-26)17-21(27-29)18-10-4-3-5-11-18/h2-15,23H,1,16-17H2/t23-,26+/m0/s1. The van der Waals surface area contributed by atoms with Gasteiger partial charge in [0.05, 0.1) is 23.0 Å². The van der Waals surface area contributed by atoms with Gasteiger partial charge >= 0.3 is 5.72 Å². The highest BCUT2D eigenvalue weighted by Crippen LogP contribution is 2.55. The van der Waals surface area contributed by atoms with Gasteiger partial charge in [0.2, 0.25) is 0 Å². The van der Waals surface area contributed by atoms with E-state index < -0.39 is 5.72 Å². The Morgan fingerprint density at radius 3 is 2.61 bits per heavy atom. The Hall–Kier alpha value is -3.86. The summed E-state index contributed by atoms with van der Waals surface area (Å²) in [6, 6.07) is 25.8. The van der Waals surface area contributed by atoms with Crippen LogP contribution in [0.2, 0.25) is 0 Å². The predicted octanol–water partition coefficient (Wildman–Crippen LogP) is 4.62. The average molecular weight is 407 g/mol. The molecule has 3 heterocycles. The predicted molar refractivity (Wildman–Crippen MR) is 120 cm³/mol. The van der Waals surface area contributed by atoms with Crippen molar-refractivity contribution in [2.24, 2.45) is 5.10 Å². The van der Waals surface area contributed by atoms with Crippen LogP contribution in [0.5, 0.6) is 5.75 Å². The van der Waals surface area contributed by atoms with Gasteiger partial charge in [-0.25, -0.2) is 5.01 Å². The zero-order valence-corrected chi connectivity index (χ0v) is 16.9. The summed E-state index contributed by atoms with van der Waals surface area (Å²) in [7, 11) is 0. The van der Waals surface area contributed by atoms with Crippen molar-refractivity contribution < 1.29 is 9.53 Å². The highest BCUT2D eigenvalue weighted by Gasteiger charge is 2.62. The number of benzene rings is 3. The van der Waals surface area contributed by atoms with Gasteiger partial charge in [0, 0.05) is 18.5 Å². The monoisotopic (exact) mass is 407 g/mol. The van der Waals surface area contributed by atoms with E-state index in [4.69, 9.17) is 9.84 Å². The summed E-state index contributed by atoms with van der Waals surface area (Å²) >= 11 is 0. The van der Waals surface area contributed by atoms with E-state index in [1.54, 1.807) is 11.0 Å². The number of hydrogen-bond acceptors (Lipinski definition) is 4. The van der Waals surface area contributed by atoms with E-state index in [0.29, 0.717) is 13.0 Å². The quantitative estimate of drug-likeness (QED) is 0.596. The molecule has 3 aromatic rings. The van der Waals surface area contributed by atoms with Crippen molar-refractivity contribution in [1.29, 1.82) is 0 Å². The molecular weight excluding hydrogens is 386 g/mol. The summed E-state index contributed by atoms with van der Waals surface area (Å²) in [5.74, 6) is 0.600. The van der Waals surface area contributed by atoms with E-state index in [9.17, 15) is 4.79 Å². The van der Waals surface area contributed by atoms with Crippen molar-refractivity contribution in [3.8, 4) is 5.75 Å². The molecule has 1 spiro atoms. The van der Waals surface area contributed by atoms with Crippen molar-refractivity contribution in [2.45, 2.75) is 18.2 Å². The number of rotatable bonds is 3. The molecule has 31 heavy (non-hydrogen) atoms. The molecule has 0 fully saturated rings.